The fraction of sp³-hybridized carbons (Fsp3) is 0.333. The number of hydrogen-bond donors (Lipinski definition) is 0. The van der Waals surface area contributed by atoms with Crippen LogP contribution in [0.4, 0.5) is 0 Å². The van der Waals surface area contributed by atoms with E-state index in [-0.39, 0.29) is 0 Å². The Hall–Kier alpha value is -1.41. The van der Waals surface area contributed by atoms with Crippen LogP contribution in [0.2, 0.25) is 0 Å². The molecule has 0 spiro atoms. The SMILES string of the molecule is Cc1cc(-c2ccc3c(c2)CCC3)nc(CCl)n1. The van der Waals surface area contributed by atoms with Gasteiger partial charge in [-0.2, -0.15) is 0 Å². The lowest BCUT2D eigenvalue weighted by molar-refractivity contribution is 0.912. The molecule has 0 saturated heterocycles. The number of benzene rings is 1. The zero-order chi connectivity index (χ0) is 12.5. The third-order valence-electron chi connectivity index (χ3n) is 3.41. The van der Waals surface area contributed by atoms with Crippen LogP contribution in [-0.4, -0.2) is 9.97 Å². The van der Waals surface area contributed by atoms with Gasteiger partial charge in [0, 0.05) is 11.3 Å². The number of alkyl halides is 1. The highest BCUT2D eigenvalue weighted by molar-refractivity contribution is 6.16. The largest absolute Gasteiger partial charge is 0.237 e. The van der Waals surface area contributed by atoms with Crippen LogP contribution in [0.1, 0.15) is 29.1 Å². The average Bonchev–Trinajstić information content (AvgIpc) is 2.85. The maximum atomic E-state index is 5.83. The van der Waals surface area contributed by atoms with Crippen molar-refractivity contribution in [2.24, 2.45) is 0 Å². The first-order chi connectivity index (χ1) is 8.76. The molecule has 1 heterocycles. The molecule has 3 rings (SSSR count). The second-order valence-electron chi connectivity index (χ2n) is 4.78. The summed E-state index contributed by atoms with van der Waals surface area (Å²) in [6.07, 6.45) is 3.68. The molecular weight excluding hydrogens is 244 g/mol. The lowest BCUT2D eigenvalue weighted by Gasteiger charge is -2.07. The van der Waals surface area contributed by atoms with Gasteiger partial charge in [0.2, 0.25) is 0 Å². The van der Waals surface area contributed by atoms with Crippen molar-refractivity contribution in [2.45, 2.75) is 32.1 Å². The summed E-state index contributed by atoms with van der Waals surface area (Å²) < 4.78 is 0. The molecule has 0 aliphatic heterocycles. The minimum atomic E-state index is 0.361. The molecule has 0 saturated carbocycles. The second-order valence-corrected chi connectivity index (χ2v) is 5.05. The number of rotatable bonds is 2. The van der Waals surface area contributed by atoms with Crippen LogP contribution in [0.25, 0.3) is 11.3 Å². The first-order valence-electron chi connectivity index (χ1n) is 6.29. The van der Waals surface area contributed by atoms with Crippen LogP contribution in [0.15, 0.2) is 24.3 Å². The summed E-state index contributed by atoms with van der Waals surface area (Å²) in [5.74, 6) is 1.06. The molecule has 0 radical (unpaired) electrons. The highest BCUT2D eigenvalue weighted by Gasteiger charge is 2.12. The highest BCUT2D eigenvalue weighted by Crippen LogP contribution is 2.27. The Balaban J connectivity index is 2.06. The number of aromatic nitrogens is 2. The maximum absolute atomic E-state index is 5.83. The predicted octanol–water partition coefficient (Wildman–Crippen LogP) is 3.68. The number of aryl methyl sites for hydroxylation is 3. The quantitative estimate of drug-likeness (QED) is 0.768. The summed E-state index contributed by atoms with van der Waals surface area (Å²) in [6, 6.07) is 8.67. The van der Waals surface area contributed by atoms with Crippen molar-refractivity contribution in [3.05, 3.63) is 46.9 Å². The Kier molecular flexibility index (Phi) is 3.04. The first-order valence-corrected chi connectivity index (χ1v) is 6.82. The molecule has 0 unspecified atom stereocenters. The van der Waals surface area contributed by atoms with Crippen LogP contribution in [-0.2, 0) is 18.7 Å². The minimum absolute atomic E-state index is 0.361. The molecule has 1 aromatic carbocycles. The lowest BCUT2D eigenvalue weighted by Crippen LogP contribution is -1.97. The Labute approximate surface area is 112 Å². The summed E-state index contributed by atoms with van der Waals surface area (Å²) in [5.41, 5.74) is 6.08. The van der Waals surface area contributed by atoms with E-state index in [0.717, 1.165) is 11.4 Å². The molecule has 0 atom stereocenters. The van der Waals surface area contributed by atoms with Gasteiger partial charge in [-0.05, 0) is 49.4 Å². The summed E-state index contributed by atoms with van der Waals surface area (Å²) in [7, 11) is 0. The predicted molar refractivity (Wildman–Crippen MR) is 73.8 cm³/mol. The molecule has 1 aliphatic rings. The third kappa shape index (κ3) is 2.13. The van der Waals surface area contributed by atoms with Crippen molar-refractivity contribution < 1.29 is 0 Å². The number of halogens is 1. The fourth-order valence-electron chi connectivity index (χ4n) is 2.57. The standard InChI is InChI=1S/C15H15ClN2/c1-10-7-14(18-15(9-16)17-10)13-6-5-11-3-2-4-12(11)8-13/h5-8H,2-4,9H2,1H3. The molecule has 92 valence electrons. The van der Waals surface area contributed by atoms with Gasteiger partial charge < -0.3 is 0 Å². The van der Waals surface area contributed by atoms with Crippen molar-refractivity contribution in [2.75, 3.05) is 0 Å². The van der Waals surface area contributed by atoms with Gasteiger partial charge in [-0.25, -0.2) is 9.97 Å². The minimum Gasteiger partial charge on any atom is -0.237 e. The van der Waals surface area contributed by atoms with Gasteiger partial charge in [0.1, 0.15) is 5.82 Å². The Bertz CT molecular complexity index is 593. The van der Waals surface area contributed by atoms with Gasteiger partial charge in [-0.1, -0.05) is 12.1 Å². The van der Waals surface area contributed by atoms with E-state index in [0.29, 0.717) is 11.7 Å². The third-order valence-corrected chi connectivity index (χ3v) is 3.65. The summed E-state index contributed by atoms with van der Waals surface area (Å²) in [4.78, 5) is 8.81. The number of fused-ring (bicyclic) bond motifs is 1. The van der Waals surface area contributed by atoms with E-state index in [9.17, 15) is 0 Å². The molecule has 0 N–H and O–H groups in total. The van der Waals surface area contributed by atoms with Crippen molar-refractivity contribution in [1.82, 2.24) is 9.97 Å². The maximum Gasteiger partial charge on any atom is 0.143 e. The van der Waals surface area contributed by atoms with Gasteiger partial charge in [-0.15, -0.1) is 11.6 Å². The van der Waals surface area contributed by atoms with Gasteiger partial charge >= 0.3 is 0 Å². The monoisotopic (exact) mass is 258 g/mol. The Morgan fingerprint density at radius 3 is 2.78 bits per heavy atom. The average molecular weight is 259 g/mol. The van der Waals surface area contributed by atoms with E-state index < -0.39 is 0 Å². The van der Waals surface area contributed by atoms with Gasteiger partial charge in [0.25, 0.3) is 0 Å². The van der Waals surface area contributed by atoms with Crippen molar-refractivity contribution in [3.8, 4) is 11.3 Å². The van der Waals surface area contributed by atoms with E-state index in [1.807, 2.05) is 13.0 Å². The molecule has 0 amide bonds. The van der Waals surface area contributed by atoms with Crippen LogP contribution in [0, 0.1) is 6.92 Å². The molecular formula is C15H15ClN2. The smallest absolute Gasteiger partial charge is 0.143 e. The van der Waals surface area contributed by atoms with E-state index >= 15 is 0 Å². The number of nitrogens with zero attached hydrogens (tertiary/aromatic N) is 2. The first kappa shape index (κ1) is 11.7. The molecule has 18 heavy (non-hydrogen) atoms. The van der Waals surface area contributed by atoms with E-state index in [1.165, 1.54) is 36.0 Å². The molecule has 1 aromatic heterocycles. The normalized spacial score (nSPS) is 13.7. The number of hydrogen-bond acceptors (Lipinski definition) is 2. The molecule has 2 nitrogen and oxygen atoms in total. The van der Waals surface area contributed by atoms with Crippen molar-refractivity contribution >= 4 is 11.6 Å². The Morgan fingerprint density at radius 2 is 1.94 bits per heavy atom. The summed E-state index contributed by atoms with van der Waals surface area (Å²) in [5, 5.41) is 0. The molecule has 0 fully saturated rings. The van der Waals surface area contributed by atoms with E-state index in [2.05, 4.69) is 28.2 Å². The lowest BCUT2D eigenvalue weighted by atomic mass is 10.0. The summed E-state index contributed by atoms with van der Waals surface area (Å²) in [6.45, 7) is 1.98. The second kappa shape index (κ2) is 4.69. The summed E-state index contributed by atoms with van der Waals surface area (Å²) >= 11 is 5.83. The zero-order valence-corrected chi connectivity index (χ0v) is 11.2. The van der Waals surface area contributed by atoms with E-state index in [1.54, 1.807) is 0 Å². The van der Waals surface area contributed by atoms with Crippen LogP contribution < -0.4 is 0 Å². The fourth-order valence-corrected chi connectivity index (χ4v) is 2.69. The highest BCUT2D eigenvalue weighted by atomic mass is 35.5. The van der Waals surface area contributed by atoms with Gasteiger partial charge in [0.05, 0.1) is 11.6 Å². The van der Waals surface area contributed by atoms with Gasteiger partial charge in [-0.3, -0.25) is 0 Å². The van der Waals surface area contributed by atoms with Crippen molar-refractivity contribution in [1.29, 1.82) is 0 Å². The molecule has 1 aliphatic carbocycles. The van der Waals surface area contributed by atoms with Crippen molar-refractivity contribution in [3.63, 3.8) is 0 Å². The topological polar surface area (TPSA) is 25.8 Å². The molecule has 3 heteroatoms. The van der Waals surface area contributed by atoms with E-state index in [4.69, 9.17) is 11.6 Å². The van der Waals surface area contributed by atoms with Gasteiger partial charge in [0.15, 0.2) is 0 Å². The van der Waals surface area contributed by atoms with Crippen LogP contribution in [0.5, 0.6) is 0 Å². The molecule has 2 aromatic rings. The van der Waals surface area contributed by atoms with Crippen LogP contribution in [0.3, 0.4) is 0 Å². The zero-order valence-electron chi connectivity index (χ0n) is 10.4. The Morgan fingerprint density at radius 1 is 1.11 bits per heavy atom. The molecule has 0 bridgehead atoms. The van der Waals surface area contributed by atoms with Crippen LogP contribution >= 0.6 is 11.6 Å².